The van der Waals surface area contributed by atoms with Crippen LogP contribution < -0.4 is 0 Å². The summed E-state index contributed by atoms with van der Waals surface area (Å²) in [7, 11) is -1.44. The third kappa shape index (κ3) is 3.26. The molecule has 0 saturated heterocycles. The number of hydrogen-bond acceptors (Lipinski definition) is 2. The highest BCUT2D eigenvalue weighted by Crippen LogP contribution is 2.50. The fourth-order valence-electron chi connectivity index (χ4n) is 4.15. The summed E-state index contributed by atoms with van der Waals surface area (Å²) in [6.45, 7) is 0. The minimum atomic E-state index is -1.44. The molecule has 156 valence electrons. The van der Waals surface area contributed by atoms with Gasteiger partial charge in [-0.2, -0.15) is 0 Å². The Bertz CT molecular complexity index is 1620. The SMILES string of the molecule is Brc1ccccc1-p1oc2c(Br)cc3ccccc3c2c2c(o1)c(Br)cc1ccccc12. The number of benzene rings is 5. The first-order valence-electron chi connectivity index (χ1n) is 9.95. The zero-order valence-electron chi connectivity index (χ0n) is 16.5. The largest absolute Gasteiger partial charge is 0.414 e. The van der Waals surface area contributed by atoms with Crippen LogP contribution in [0.1, 0.15) is 0 Å². The highest BCUT2D eigenvalue weighted by Gasteiger charge is 2.18. The molecule has 6 rings (SSSR count). The number of fused-ring (bicyclic) bond motifs is 7. The first-order valence-corrected chi connectivity index (χ1v) is 13.5. The lowest BCUT2D eigenvalue weighted by Crippen LogP contribution is -1.82. The smallest absolute Gasteiger partial charge is 0.254 e. The van der Waals surface area contributed by atoms with Crippen molar-refractivity contribution in [1.82, 2.24) is 0 Å². The molecular formula is C26H14Br3O2P. The molecule has 0 aliphatic heterocycles. The van der Waals surface area contributed by atoms with Gasteiger partial charge in [0.1, 0.15) is 0 Å². The van der Waals surface area contributed by atoms with Gasteiger partial charge in [0, 0.05) is 15.2 Å². The van der Waals surface area contributed by atoms with Gasteiger partial charge < -0.3 is 8.39 Å². The molecule has 0 fully saturated rings. The molecule has 0 aliphatic rings. The Balaban J connectivity index is 1.99. The molecule has 0 amide bonds. The van der Waals surface area contributed by atoms with E-state index in [1.165, 1.54) is 0 Å². The summed E-state index contributed by atoms with van der Waals surface area (Å²) >= 11 is 11.3. The van der Waals surface area contributed by atoms with Gasteiger partial charge in [0.25, 0.3) is 8.01 Å². The topological polar surface area (TPSA) is 26.3 Å². The third-order valence-corrected chi connectivity index (χ3v) is 9.22. The zero-order valence-corrected chi connectivity index (χ0v) is 22.1. The summed E-state index contributed by atoms with van der Waals surface area (Å²) in [5.41, 5.74) is 1.60. The van der Waals surface area contributed by atoms with Crippen molar-refractivity contribution < 1.29 is 8.39 Å². The van der Waals surface area contributed by atoms with E-state index in [0.29, 0.717) is 0 Å². The molecule has 1 heterocycles. The van der Waals surface area contributed by atoms with E-state index in [0.717, 1.165) is 62.2 Å². The van der Waals surface area contributed by atoms with Crippen LogP contribution in [-0.4, -0.2) is 0 Å². The minimum absolute atomic E-state index is 0.799. The van der Waals surface area contributed by atoms with Crippen molar-refractivity contribution in [2.24, 2.45) is 0 Å². The molecule has 0 saturated carbocycles. The average Bonchev–Trinajstić information content (AvgIpc) is 2.98. The van der Waals surface area contributed by atoms with E-state index in [1.54, 1.807) is 0 Å². The van der Waals surface area contributed by atoms with Gasteiger partial charge in [-0.15, -0.1) is 0 Å². The second-order valence-corrected chi connectivity index (χ2v) is 11.4. The molecule has 1 aromatic heterocycles. The van der Waals surface area contributed by atoms with Crippen LogP contribution in [0.3, 0.4) is 0 Å². The number of hydrogen-bond donors (Lipinski definition) is 0. The van der Waals surface area contributed by atoms with Crippen LogP contribution in [0.4, 0.5) is 0 Å². The van der Waals surface area contributed by atoms with E-state index in [-0.39, 0.29) is 0 Å². The predicted molar refractivity (Wildman–Crippen MR) is 146 cm³/mol. The van der Waals surface area contributed by atoms with Gasteiger partial charge in [-0.3, -0.25) is 0 Å². The summed E-state index contributed by atoms with van der Waals surface area (Å²) in [6, 6.07) is 29.1. The summed E-state index contributed by atoms with van der Waals surface area (Å²) in [6.07, 6.45) is 0. The average molecular weight is 629 g/mol. The number of halogens is 3. The first kappa shape index (κ1) is 20.6. The molecule has 0 atom stereocenters. The van der Waals surface area contributed by atoms with Crippen LogP contribution in [-0.2, 0) is 0 Å². The van der Waals surface area contributed by atoms with Gasteiger partial charge in [0.2, 0.25) is 0 Å². The Morgan fingerprint density at radius 3 is 1.53 bits per heavy atom. The Kier molecular flexibility index (Phi) is 5.19. The zero-order chi connectivity index (χ0) is 21.8. The van der Waals surface area contributed by atoms with E-state index < -0.39 is 8.01 Å². The molecule has 6 aromatic rings. The molecule has 0 spiro atoms. The van der Waals surface area contributed by atoms with Crippen molar-refractivity contribution in [1.29, 1.82) is 0 Å². The van der Waals surface area contributed by atoms with Crippen molar-refractivity contribution in [3.63, 3.8) is 0 Å². The summed E-state index contributed by atoms with van der Waals surface area (Å²) < 4.78 is 16.2. The molecule has 0 radical (unpaired) electrons. The molecule has 0 N–H and O–H groups in total. The van der Waals surface area contributed by atoms with E-state index in [1.807, 2.05) is 24.3 Å². The van der Waals surface area contributed by atoms with Crippen LogP contribution in [0.2, 0.25) is 0 Å². The highest BCUT2D eigenvalue weighted by atomic mass is 79.9. The Hall–Kier alpha value is -2.04. The first-order chi connectivity index (χ1) is 15.6. The molecule has 6 heteroatoms. The molecular weight excluding hydrogens is 615 g/mol. The molecule has 0 bridgehead atoms. The fourth-order valence-corrected chi connectivity index (χ4v) is 7.57. The second kappa shape index (κ2) is 8.07. The number of rotatable bonds is 1. The lowest BCUT2D eigenvalue weighted by atomic mass is 9.99. The lowest BCUT2D eigenvalue weighted by molar-refractivity contribution is 0.649. The van der Waals surface area contributed by atoms with Gasteiger partial charge in [0.05, 0.1) is 14.2 Å². The third-order valence-electron chi connectivity index (χ3n) is 5.56. The molecule has 0 aliphatic carbocycles. The lowest BCUT2D eigenvalue weighted by Gasteiger charge is -2.07. The van der Waals surface area contributed by atoms with Crippen molar-refractivity contribution in [3.05, 3.63) is 98.3 Å². The summed E-state index contributed by atoms with van der Waals surface area (Å²) in [4.78, 5) is 0. The van der Waals surface area contributed by atoms with Gasteiger partial charge in [-0.1, -0.05) is 60.7 Å². The van der Waals surface area contributed by atoms with Crippen LogP contribution in [0.5, 0.6) is 0 Å². The van der Waals surface area contributed by atoms with Crippen molar-refractivity contribution in [2.75, 3.05) is 0 Å². The monoisotopic (exact) mass is 626 g/mol. The maximum atomic E-state index is 6.69. The minimum Gasteiger partial charge on any atom is -0.414 e. The van der Waals surface area contributed by atoms with Gasteiger partial charge in [-0.25, -0.2) is 0 Å². The highest BCUT2D eigenvalue weighted by molar-refractivity contribution is 9.11. The summed E-state index contributed by atoms with van der Waals surface area (Å²) in [5, 5.41) is 7.61. The van der Waals surface area contributed by atoms with Crippen LogP contribution in [0.25, 0.3) is 48.8 Å². The fraction of sp³-hybridized carbons (Fsp3) is 0. The van der Waals surface area contributed by atoms with E-state index in [4.69, 9.17) is 8.39 Å². The standard InChI is InChI=1S/C26H14Br3O2P/c27-19-11-5-6-12-22(19)32-30-25-20(28)13-15-7-1-3-9-17(15)23(25)24-18-10-4-2-8-16(18)14-21(29)26(24)31-32/h1-14H. The van der Waals surface area contributed by atoms with Crippen molar-refractivity contribution in [2.45, 2.75) is 0 Å². The normalized spacial score (nSPS) is 11.6. The molecule has 32 heavy (non-hydrogen) atoms. The van der Waals surface area contributed by atoms with Crippen LogP contribution >= 0.6 is 55.8 Å². The predicted octanol–water partition coefficient (Wildman–Crippen LogP) is 10.9. The Morgan fingerprint density at radius 2 is 1.00 bits per heavy atom. The van der Waals surface area contributed by atoms with E-state index >= 15 is 0 Å². The maximum Gasteiger partial charge on any atom is 0.254 e. The van der Waals surface area contributed by atoms with Gasteiger partial charge in [-0.05, 0) is 93.6 Å². The maximum absolute atomic E-state index is 6.69. The van der Waals surface area contributed by atoms with Gasteiger partial charge in [0.15, 0.2) is 11.2 Å². The molecule has 2 nitrogen and oxygen atoms in total. The van der Waals surface area contributed by atoms with E-state index in [2.05, 4.69) is 108 Å². The Morgan fingerprint density at radius 1 is 0.531 bits per heavy atom. The van der Waals surface area contributed by atoms with Crippen LogP contribution in [0.15, 0.2) is 107 Å². The van der Waals surface area contributed by atoms with Crippen molar-refractivity contribution in [3.8, 4) is 5.30 Å². The van der Waals surface area contributed by atoms with Gasteiger partial charge >= 0.3 is 0 Å². The quantitative estimate of drug-likeness (QED) is 0.181. The molecule has 5 aromatic carbocycles. The molecule has 0 unspecified atom stereocenters. The Labute approximate surface area is 210 Å². The van der Waals surface area contributed by atoms with Crippen molar-refractivity contribution >= 4 is 99.3 Å². The summed E-state index contributed by atoms with van der Waals surface area (Å²) in [5.74, 6) is 0. The second-order valence-electron chi connectivity index (χ2n) is 7.46. The van der Waals surface area contributed by atoms with E-state index in [9.17, 15) is 0 Å². The van der Waals surface area contributed by atoms with Crippen LogP contribution in [0, 0.1) is 0 Å².